The Hall–Kier alpha value is -2.12. The van der Waals surface area contributed by atoms with Crippen LogP contribution in [0.1, 0.15) is 31.2 Å². The van der Waals surface area contributed by atoms with Gasteiger partial charge in [0.2, 0.25) is 0 Å². The molecule has 0 amide bonds. The van der Waals surface area contributed by atoms with Crippen molar-refractivity contribution in [3.05, 3.63) is 42.1 Å². The molecule has 2 aromatic heterocycles. The van der Waals surface area contributed by atoms with Crippen molar-refractivity contribution in [1.29, 1.82) is 0 Å². The summed E-state index contributed by atoms with van der Waals surface area (Å²) in [5, 5.41) is 7.34. The molecule has 1 N–H and O–H groups in total. The topological polar surface area (TPSA) is 63.1 Å². The molecule has 1 spiro atoms. The highest BCUT2D eigenvalue weighted by Gasteiger charge is 2.44. The molecule has 2 aromatic rings. The number of pyridine rings is 1. The Morgan fingerprint density at radius 2 is 2.12 bits per heavy atom. The van der Waals surface area contributed by atoms with Crippen LogP contribution in [0.25, 0.3) is 5.82 Å². The Bertz CT molecular complexity index is 748. The van der Waals surface area contributed by atoms with Gasteiger partial charge in [0.15, 0.2) is 11.6 Å². The van der Waals surface area contributed by atoms with E-state index in [9.17, 15) is 9.18 Å². The van der Waals surface area contributed by atoms with E-state index < -0.39 is 0 Å². The number of nitrogens with zero attached hydrogens (tertiary/aromatic N) is 4. The van der Waals surface area contributed by atoms with Gasteiger partial charge in [0, 0.05) is 12.7 Å². The van der Waals surface area contributed by atoms with Crippen LogP contribution in [0.3, 0.4) is 0 Å². The van der Waals surface area contributed by atoms with Crippen LogP contribution >= 0.6 is 0 Å². The number of aromatic nitrogens is 3. The summed E-state index contributed by atoms with van der Waals surface area (Å²) in [6.45, 7) is 3.63. The third-order valence-corrected chi connectivity index (χ3v) is 5.85. The lowest BCUT2D eigenvalue weighted by molar-refractivity contribution is -0.121. The van der Waals surface area contributed by atoms with Crippen molar-refractivity contribution in [3.8, 4) is 5.82 Å². The summed E-state index contributed by atoms with van der Waals surface area (Å²) in [6.07, 6.45) is 9.80. The van der Waals surface area contributed by atoms with Gasteiger partial charge in [0.1, 0.15) is 6.29 Å². The Morgan fingerprint density at radius 1 is 1.27 bits per heavy atom. The predicted octanol–water partition coefficient (Wildman–Crippen LogP) is 1.94. The zero-order chi connectivity index (χ0) is 18.0. The summed E-state index contributed by atoms with van der Waals surface area (Å²) in [5.41, 5.74) is 1.17. The Kier molecular flexibility index (Phi) is 4.82. The fraction of sp³-hybridized carbons (Fsp3) is 0.526. The van der Waals surface area contributed by atoms with Crippen LogP contribution in [0, 0.1) is 11.2 Å². The first kappa shape index (κ1) is 17.3. The molecule has 2 aliphatic heterocycles. The molecule has 0 bridgehead atoms. The minimum absolute atomic E-state index is 0.0294. The number of halogens is 1. The minimum Gasteiger partial charge on any atom is -0.317 e. The summed E-state index contributed by atoms with van der Waals surface area (Å²) >= 11 is 0. The first-order valence-electron chi connectivity index (χ1n) is 9.26. The van der Waals surface area contributed by atoms with Crippen molar-refractivity contribution in [2.24, 2.45) is 5.41 Å². The number of hydrogen-bond donors (Lipinski definition) is 1. The number of aldehydes is 1. The zero-order valence-corrected chi connectivity index (χ0v) is 14.8. The fourth-order valence-corrected chi connectivity index (χ4v) is 4.49. The molecule has 1 unspecified atom stereocenters. The lowest BCUT2D eigenvalue weighted by Crippen LogP contribution is -2.56. The predicted molar refractivity (Wildman–Crippen MR) is 95.3 cm³/mol. The van der Waals surface area contributed by atoms with E-state index in [1.165, 1.54) is 10.9 Å². The molecular weight excluding hydrogens is 333 g/mol. The highest BCUT2D eigenvalue weighted by Crippen LogP contribution is 2.42. The molecule has 0 radical (unpaired) electrons. The number of piperidine rings is 2. The van der Waals surface area contributed by atoms with Crippen molar-refractivity contribution in [1.82, 2.24) is 25.0 Å². The summed E-state index contributed by atoms with van der Waals surface area (Å²) in [5.74, 6) is 0.198. The maximum Gasteiger partial charge on any atom is 0.161 e. The second kappa shape index (κ2) is 7.25. The minimum atomic E-state index is -0.384. The molecule has 4 rings (SSSR count). The quantitative estimate of drug-likeness (QED) is 0.848. The molecule has 6 nitrogen and oxygen atoms in total. The van der Waals surface area contributed by atoms with Crippen LogP contribution in [-0.2, 0) is 11.3 Å². The lowest BCUT2D eigenvalue weighted by atomic mass is 9.67. The molecule has 2 saturated heterocycles. The molecule has 138 valence electrons. The molecule has 1 atom stereocenters. The number of likely N-dealkylation sites (tertiary alicyclic amines) is 1. The Balaban J connectivity index is 1.49. The van der Waals surface area contributed by atoms with Crippen LogP contribution in [0.5, 0.6) is 0 Å². The van der Waals surface area contributed by atoms with Crippen molar-refractivity contribution >= 4 is 6.29 Å². The number of rotatable bonds is 4. The molecule has 2 aliphatic rings. The third kappa shape index (κ3) is 3.29. The van der Waals surface area contributed by atoms with Crippen LogP contribution in [0.4, 0.5) is 4.39 Å². The van der Waals surface area contributed by atoms with Gasteiger partial charge < -0.3 is 10.1 Å². The van der Waals surface area contributed by atoms with Crippen molar-refractivity contribution < 1.29 is 9.18 Å². The molecular formula is C19H24FN5O. The van der Waals surface area contributed by atoms with Gasteiger partial charge in [-0.15, -0.1) is 0 Å². The molecule has 26 heavy (non-hydrogen) atoms. The maximum atomic E-state index is 13.1. The van der Waals surface area contributed by atoms with E-state index in [1.54, 1.807) is 6.20 Å². The second-order valence-corrected chi connectivity index (χ2v) is 7.40. The summed E-state index contributed by atoms with van der Waals surface area (Å²) in [4.78, 5) is 18.6. The van der Waals surface area contributed by atoms with Crippen LogP contribution < -0.4 is 5.32 Å². The van der Waals surface area contributed by atoms with Gasteiger partial charge in [-0.1, -0.05) is 6.07 Å². The zero-order valence-electron chi connectivity index (χ0n) is 14.8. The van der Waals surface area contributed by atoms with E-state index in [0.29, 0.717) is 12.4 Å². The summed E-state index contributed by atoms with van der Waals surface area (Å²) < 4.78 is 14.5. The van der Waals surface area contributed by atoms with Gasteiger partial charge in [-0.3, -0.25) is 4.90 Å². The molecule has 4 heterocycles. The number of hydrogen-bond acceptors (Lipinski definition) is 5. The molecule has 7 heteroatoms. The van der Waals surface area contributed by atoms with Crippen LogP contribution in [-0.4, -0.2) is 51.6 Å². The highest BCUT2D eigenvalue weighted by atomic mass is 19.1. The normalized spacial score (nSPS) is 23.2. The van der Waals surface area contributed by atoms with Gasteiger partial charge in [-0.05, 0) is 62.4 Å². The third-order valence-electron chi connectivity index (χ3n) is 5.85. The fourth-order valence-electron chi connectivity index (χ4n) is 4.49. The second-order valence-electron chi connectivity index (χ2n) is 7.40. The average Bonchev–Trinajstić information content (AvgIpc) is 3.10. The van der Waals surface area contributed by atoms with Gasteiger partial charge in [-0.2, -0.15) is 5.10 Å². The van der Waals surface area contributed by atoms with Gasteiger partial charge in [0.05, 0.1) is 18.4 Å². The number of nitrogens with one attached hydrogen (secondary N) is 1. The summed E-state index contributed by atoms with van der Waals surface area (Å²) in [7, 11) is 0. The van der Waals surface area contributed by atoms with Crippen molar-refractivity contribution in [3.63, 3.8) is 0 Å². The Morgan fingerprint density at radius 3 is 2.77 bits per heavy atom. The van der Waals surface area contributed by atoms with Crippen LogP contribution in [0.2, 0.25) is 0 Å². The largest absolute Gasteiger partial charge is 0.317 e. The smallest absolute Gasteiger partial charge is 0.161 e. The standard InChI is InChI=1S/C19H24FN5O/c20-16-11-23-25(13-16)18-3-2-15(10-22-18)12-24-9-1-4-19(17(24)14-26)5-7-21-8-6-19/h2-3,10-11,13-14,17,21H,1,4-9,12H2. The van der Waals surface area contributed by atoms with E-state index in [0.717, 1.165) is 63.4 Å². The average molecular weight is 357 g/mol. The SMILES string of the molecule is O=CC1N(Cc2ccc(-n3cc(F)cn3)nc2)CCCC12CCNCC2. The van der Waals surface area contributed by atoms with E-state index in [-0.39, 0.29) is 17.3 Å². The maximum absolute atomic E-state index is 13.1. The number of carbonyl (C=O) groups excluding carboxylic acids is 1. The van der Waals surface area contributed by atoms with Gasteiger partial charge in [-0.25, -0.2) is 14.1 Å². The van der Waals surface area contributed by atoms with Crippen molar-refractivity contribution in [2.45, 2.75) is 38.3 Å². The molecule has 0 saturated carbocycles. The Labute approximate surface area is 152 Å². The van der Waals surface area contributed by atoms with Crippen molar-refractivity contribution in [2.75, 3.05) is 19.6 Å². The van der Waals surface area contributed by atoms with Gasteiger partial charge >= 0.3 is 0 Å². The molecule has 2 fully saturated rings. The number of carbonyl (C=O) groups is 1. The molecule has 0 aromatic carbocycles. The lowest BCUT2D eigenvalue weighted by Gasteiger charge is -2.50. The van der Waals surface area contributed by atoms with E-state index in [2.05, 4.69) is 20.3 Å². The van der Waals surface area contributed by atoms with Gasteiger partial charge in [0.25, 0.3) is 0 Å². The highest BCUT2D eigenvalue weighted by molar-refractivity contribution is 5.60. The first-order valence-corrected chi connectivity index (χ1v) is 9.26. The van der Waals surface area contributed by atoms with E-state index in [4.69, 9.17) is 0 Å². The molecule has 0 aliphatic carbocycles. The van der Waals surface area contributed by atoms with E-state index >= 15 is 0 Å². The first-order chi connectivity index (χ1) is 12.7. The summed E-state index contributed by atoms with van der Waals surface area (Å²) in [6, 6.07) is 3.79. The van der Waals surface area contributed by atoms with Crippen LogP contribution in [0.15, 0.2) is 30.7 Å². The monoisotopic (exact) mass is 357 g/mol. The van der Waals surface area contributed by atoms with E-state index in [1.807, 2.05) is 12.1 Å².